The molecule has 1 aromatic heterocycles. The van der Waals surface area contributed by atoms with Crippen LogP contribution < -0.4 is 25.4 Å². The number of nitrogens with one attached hydrogen (secondary N) is 3. The number of halogens is 2. The van der Waals surface area contributed by atoms with Crippen molar-refractivity contribution in [2.45, 2.75) is 10.1 Å². The van der Waals surface area contributed by atoms with E-state index in [1.165, 1.54) is 36.3 Å². The summed E-state index contributed by atoms with van der Waals surface area (Å²) < 4.78 is 10.8. The van der Waals surface area contributed by atoms with Crippen molar-refractivity contribution in [2.24, 2.45) is 0 Å². The molecule has 5 aromatic carbocycles. The van der Waals surface area contributed by atoms with Crippen LogP contribution in [0.1, 0.15) is 26.7 Å². The Labute approximate surface area is 330 Å². The van der Waals surface area contributed by atoms with Crippen molar-refractivity contribution in [2.75, 3.05) is 24.9 Å². The normalized spacial score (nSPS) is 11.7. The van der Waals surface area contributed by atoms with Crippen molar-refractivity contribution in [3.8, 4) is 22.8 Å². The number of methoxy groups -OCH3 is 2. The number of thiazole rings is 1. The fraction of sp³-hybridized carbons (Fsp3) is 0.0732. The van der Waals surface area contributed by atoms with E-state index in [2.05, 4.69) is 20.9 Å². The molecule has 1 heterocycles. The molecule has 6 aromatic rings. The first-order valence-corrected chi connectivity index (χ1v) is 18.9. The van der Waals surface area contributed by atoms with Crippen LogP contribution in [0.3, 0.4) is 0 Å². The standard InChI is InChI=1S/C41H32Cl2N4O5S2/c1-51-30-18-16-27(36(23-30)52-2)20-34(45-38(48)26-12-7-4-8-13-26)39(49)44-29-14-9-15-31(22-29)54-37(25-10-5-3-6-11-25)40(50)47-41-46-35(24-53-41)32-19-17-28(42)21-33(32)43/h3-24,37H,1-2H3,(H,44,49)(H,45,48)(H,46,47,50)/b34-20+. The maximum absolute atomic E-state index is 13.9. The molecule has 0 spiro atoms. The average molecular weight is 796 g/mol. The topological polar surface area (TPSA) is 119 Å². The number of benzene rings is 5. The Balaban J connectivity index is 1.23. The summed E-state index contributed by atoms with van der Waals surface area (Å²) >= 11 is 15.1. The van der Waals surface area contributed by atoms with Crippen LogP contribution in [0.5, 0.6) is 11.5 Å². The summed E-state index contributed by atoms with van der Waals surface area (Å²) in [5.41, 5.74) is 3.44. The monoisotopic (exact) mass is 794 g/mol. The third kappa shape index (κ3) is 9.68. The number of anilines is 2. The molecular weight excluding hydrogens is 764 g/mol. The highest BCUT2D eigenvalue weighted by Crippen LogP contribution is 2.38. The fourth-order valence-electron chi connectivity index (χ4n) is 5.24. The number of ether oxygens (including phenoxy) is 2. The molecule has 3 N–H and O–H groups in total. The minimum atomic E-state index is -0.674. The molecule has 1 atom stereocenters. The maximum Gasteiger partial charge on any atom is 0.272 e. The molecule has 6 rings (SSSR count). The second kappa shape index (κ2) is 18.0. The number of aromatic nitrogens is 1. The van der Waals surface area contributed by atoms with Crippen LogP contribution in [0.2, 0.25) is 10.0 Å². The molecule has 0 aliphatic heterocycles. The zero-order valence-electron chi connectivity index (χ0n) is 28.8. The number of carbonyl (C=O) groups is 3. The fourth-order valence-corrected chi connectivity index (χ4v) is 7.54. The van der Waals surface area contributed by atoms with Crippen molar-refractivity contribution in [3.05, 3.63) is 159 Å². The van der Waals surface area contributed by atoms with Gasteiger partial charge in [-0.1, -0.05) is 77.8 Å². The Morgan fingerprint density at radius 2 is 1.57 bits per heavy atom. The SMILES string of the molecule is COc1ccc(/C=C(/NC(=O)c2ccccc2)C(=O)Nc2cccc(SC(C(=O)Nc3nc(-c4ccc(Cl)cc4Cl)cs3)c3ccccc3)c2)c(OC)c1. The van der Waals surface area contributed by atoms with Gasteiger partial charge >= 0.3 is 0 Å². The van der Waals surface area contributed by atoms with E-state index in [-0.39, 0.29) is 11.6 Å². The first-order chi connectivity index (χ1) is 26.2. The lowest BCUT2D eigenvalue weighted by atomic mass is 10.1. The van der Waals surface area contributed by atoms with Gasteiger partial charge in [-0.2, -0.15) is 0 Å². The predicted octanol–water partition coefficient (Wildman–Crippen LogP) is 10.0. The summed E-state index contributed by atoms with van der Waals surface area (Å²) in [7, 11) is 3.05. The van der Waals surface area contributed by atoms with E-state index in [4.69, 9.17) is 32.7 Å². The zero-order valence-corrected chi connectivity index (χ0v) is 32.0. The minimum Gasteiger partial charge on any atom is -0.497 e. The molecule has 272 valence electrons. The average Bonchev–Trinajstić information content (AvgIpc) is 3.65. The molecule has 0 aliphatic carbocycles. The molecule has 13 heteroatoms. The van der Waals surface area contributed by atoms with E-state index in [0.29, 0.717) is 59.6 Å². The molecule has 0 saturated heterocycles. The highest BCUT2D eigenvalue weighted by atomic mass is 35.5. The number of hydrogen-bond donors (Lipinski definition) is 3. The quantitative estimate of drug-likeness (QED) is 0.0787. The van der Waals surface area contributed by atoms with Crippen molar-refractivity contribution < 1.29 is 23.9 Å². The van der Waals surface area contributed by atoms with Gasteiger partial charge in [0.15, 0.2) is 5.13 Å². The van der Waals surface area contributed by atoms with E-state index in [9.17, 15) is 14.4 Å². The molecule has 0 radical (unpaired) electrons. The highest BCUT2D eigenvalue weighted by molar-refractivity contribution is 8.00. The molecule has 0 aliphatic rings. The number of carbonyl (C=O) groups excluding carboxylic acids is 3. The van der Waals surface area contributed by atoms with Crippen LogP contribution in [0.4, 0.5) is 10.8 Å². The number of rotatable bonds is 13. The molecule has 3 amide bonds. The Bertz CT molecular complexity index is 2320. The van der Waals surface area contributed by atoms with Crippen LogP contribution >= 0.6 is 46.3 Å². The van der Waals surface area contributed by atoms with Crippen LogP contribution in [0.25, 0.3) is 17.3 Å². The lowest BCUT2D eigenvalue weighted by Gasteiger charge is -2.17. The molecule has 0 bridgehead atoms. The highest BCUT2D eigenvalue weighted by Gasteiger charge is 2.24. The van der Waals surface area contributed by atoms with Crippen LogP contribution in [-0.2, 0) is 9.59 Å². The minimum absolute atomic E-state index is 0.0189. The maximum atomic E-state index is 13.9. The first-order valence-electron chi connectivity index (χ1n) is 16.4. The van der Waals surface area contributed by atoms with E-state index in [0.717, 1.165) is 5.56 Å². The molecule has 54 heavy (non-hydrogen) atoms. The smallest absolute Gasteiger partial charge is 0.272 e. The van der Waals surface area contributed by atoms with Crippen molar-refractivity contribution >= 4 is 80.9 Å². The lowest BCUT2D eigenvalue weighted by molar-refractivity contribution is -0.116. The first kappa shape index (κ1) is 38.1. The molecule has 1 unspecified atom stereocenters. The van der Waals surface area contributed by atoms with Gasteiger partial charge in [-0.3, -0.25) is 14.4 Å². The second-order valence-electron chi connectivity index (χ2n) is 11.5. The number of nitrogens with zero attached hydrogens (tertiary/aromatic N) is 1. The third-order valence-corrected chi connectivity index (χ3v) is 10.5. The summed E-state index contributed by atoms with van der Waals surface area (Å²) in [6.45, 7) is 0. The zero-order chi connectivity index (χ0) is 38.0. The van der Waals surface area contributed by atoms with Crippen molar-refractivity contribution in [1.29, 1.82) is 0 Å². The van der Waals surface area contributed by atoms with Crippen LogP contribution in [0, 0.1) is 0 Å². The van der Waals surface area contributed by atoms with Gasteiger partial charge in [0.2, 0.25) is 5.91 Å². The van der Waals surface area contributed by atoms with Gasteiger partial charge in [0.1, 0.15) is 22.4 Å². The number of hydrogen-bond acceptors (Lipinski definition) is 8. The van der Waals surface area contributed by atoms with Gasteiger partial charge in [-0.25, -0.2) is 4.98 Å². The summed E-state index contributed by atoms with van der Waals surface area (Å²) in [6, 6.07) is 35.4. The Morgan fingerprint density at radius 1 is 0.815 bits per heavy atom. The van der Waals surface area contributed by atoms with E-state index >= 15 is 0 Å². The van der Waals surface area contributed by atoms with E-state index in [1.807, 2.05) is 41.8 Å². The molecule has 0 fully saturated rings. The van der Waals surface area contributed by atoms with Gasteiger partial charge in [0, 0.05) is 43.7 Å². The van der Waals surface area contributed by atoms with Crippen LogP contribution in [-0.4, -0.2) is 36.9 Å². The number of amides is 3. The summed E-state index contributed by atoms with van der Waals surface area (Å²) in [4.78, 5) is 46.3. The third-order valence-electron chi connectivity index (χ3n) is 7.90. The molecular formula is C41H32Cl2N4O5S2. The Hall–Kier alpha value is -5.59. The summed E-state index contributed by atoms with van der Waals surface area (Å²) in [5.74, 6) is -0.309. The lowest BCUT2D eigenvalue weighted by Crippen LogP contribution is -2.30. The van der Waals surface area contributed by atoms with Crippen LogP contribution in [0.15, 0.2) is 137 Å². The van der Waals surface area contributed by atoms with Gasteiger partial charge in [0.05, 0.1) is 24.9 Å². The van der Waals surface area contributed by atoms with Gasteiger partial charge in [-0.15, -0.1) is 23.1 Å². The Kier molecular flexibility index (Phi) is 12.7. The van der Waals surface area contributed by atoms with E-state index in [1.54, 1.807) is 92.0 Å². The molecule has 9 nitrogen and oxygen atoms in total. The predicted molar refractivity (Wildman–Crippen MR) is 218 cm³/mol. The summed E-state index contributed by atoms with van der Waals surface area (Å²) in [6.07, 6.45) is 1.54. The Morgan fingerprint density at radius 3 is 2.30 bits per heavy atom. The largest absolute Gasteiger partial charge is 0.497 e. The second-order valence-corrected chi connectivity index (χ2v) is 14.4. The van der Waals surface area contributed by atoms with Crippen molar-refractivity contribution in [1.82, 2.24) is 10.3 Å². The van der Waals surface area contributed by atoms with Gasteiger partial charge in [0.25, 0.3) is 11.8 Å². The van der Waals surface area contributed by atoms with Gasteiger partial charge < -0.3 is 25.4 Å². The summed E-state index contributed by atoms with van der Waals surface area (Å²) in [5, 5.41) is 11.1. The van der Waals surface area contributed by atoms with E-state index < -0.39 is 17.1 Å². The number of thioether (sulfide) groups is 1. The molecule has 0 saturated carbocycles. The van der Waals surface area contributed by atoms with Crippen molar-refractivity contribution in [3.63, 3.8) is 0 Å². The van der Waals surface area contributed by atoms with Gasteiger partial charge in [-0.05, 0) is 72.3 Å².